The van der Waals surface area contributed by atoms with Gasteiger partial charge in [0.1, 0.15) is 17.0 Å². The van der Waals surface area contributed by atoms with Crippen molar-refractivity contribution in [3.8, 4) is 11.5 Å². The molecule has 0 aromatic heterocycles. The van der Waals surface area contributed by atoms with Crippen molar-refractivity contribution in [2.45, 2.75) is 24.8 Å². The van der Waals surface area contributed by atoms with Crippen molar-refractivity contribution in [1.29, 1.82) is 0 Å². The van der Waals surface area contributed by atoms with Crippen LogP contribution in [0.25, 0.3) is 0 Å². The Balaban J connectivity index is 2.17. The third-order valence-electron chi connectivity index (χ3n) is 4.46. The molecule has 1 aromatic rings. The lowest BCUT2D eigenvalue weighted by atomic mass is 9.86. The number of carbonyl (C=O) groups is 2. The molecule has 2 rings (SSSR count). The molecule has 0 bridgehead atoms. The van der Waals surface area contributed by atoms with Crippen LogP contribution in [0.2, 0.25) is 0 Å². The van der Waals surface area contributed by atoms with Crippen molar-refractivity contribution in [3.63, 3.8) is 0 Å². The number of methoxy groups -OCH3 is 2. The normalized spacial score (nSPS) is 22.0. The molecule has 3 atom stereocenters. The number of benzene rings is 1. The fourth-order valence-electron chi connectivity index (χ4n) is 2.91. The molecule has 23 heavy (non-hydrogen) atoms. The van der Waals surface area contributed by atoms with Gasteiger partial charge in [-0.3, -0.25) is 9.59 Å². The van der Waals surface area contributed by atoms with Crippen LogP contribution in [0.4, 0.5) is 0 Å². The van der Waals surface area contributed by atoms with Gasteiger partial charge < -0.3 is 25.4 Å². The second-order valence-electron chi connectivity index (χ2n) is 5.81. The van der Waals surface area contributed by atoms with Crippen LogP contribution in [0.1, 0.15) is 18.4 Å². The first kappa shape index (κ1) is 17.1. The van der Waals surface area contributed by atoms with Gasteiger partial charge in [-0.15, -0.1) is 0 Å². The van der Waals surface area contributed by atoms with Gasteiger partial charge in [0.05, 0.1) is 20.1 Å². The predicted molar refractivity (Wildman–Crippen MR) is 81.7 cm³/mol. The van der Waals surface area contributed by atoms with Gasteiger partial charge in [-0.1, -0.05) is 0 Å². The molecule has 1 aliphatic rings. The maximum absolute atomic E-state index is 11.6. The predicted octanol–water partition coefficient (Wildman–Crippen LogP) is 1.14. The van der Waals surface area contributed by atoms with Crippen LogP contribution in [0.3, 0.4) is 0 Å². The Bertz CT molecular complexity index is 617. The topological polar surface area (TPSA) is 119 Å². The molecular formula is C16H21NO6. The number of hydrogen-bond acceptors (Lipinski definition) is 5. The lowest BCUT2D eigenvalue weighted by Crippen LogP contribution is -2.51. The number of carboxylic acids is 2. The molecule has 0 radical (unpaired) electrons. The fraction of sp³-hybridized carbons (Fsp3) is 0.500. The summed E-state index contributed by atoms with van der Waals surface area (Å²) in [5.74, 6) is -2.15. The summed E-state index contributed by atoms with van der Waals surface area (Å²) in [7, 11) is 3.07. The van der Waals surface area contributed by atoms with E-state index in [2.05, 4.69) is 0 Å². The molecule has 0 spiro atoms. The summed E-state index contributed by atoms with van der Waals surface area (Å²) in [5, 5.41) is 18.5. The van der Waals surface area contributed by atoms with Gasteiger partial charge in [-0.2, -0.15) is 0 Å². The van der Waals surface area contributed by atoms with Crippen molar-refractivity contribution >= 4 is 11.9 Å². The highest BCUT2D eigenvalue weighted by Crippen LogP contribution is 2.47. The van der Waals surface area contributed by atoms with Gasteiger partial charge in [-0.25, -0.2) is 0 Å². The maximum atomic E-state index is 11.6. The largest absolute Gasteiger partial charge is 0.497 e. The molecule has 7 heteroatoms. The van der Waals surface area contributed by atoms with Crippen molar-refractivity contribution in [2.24, 2.45) is 17.6 Å². The Hall–Kier alpha value is -2.28. The van der Waals surface area contributed by atoms with Crippen molar-refractivity contribution in [1.82, 2.24) is 0 Å². The smallest absolute Gasteiger partial charge is 0.324 e. The number of rotatable bonds is 8. The molecular weight excluding hydrogens is 302 g/mol. The van der Waals surface area contributed by atoms with Gasteiger partial charge in [-0.05, 0) is 43.0 Å². The second-order valence-corrected chi connectivity index (χ2v) is 5.81. The highest BCUT2D eigenvalue weighted by atomic mass is 16.5. The zero-order chi connectivity index (χ0) is 17.2. The van der Waals surface area contributed by atoms with E-state index < -0.39 is 29.3 Å². The molecule has 1 saturated carbocycles. The fourth-order valence-corrected chi connectivity index (χ4v) is 2.91. The maximum Gasteiger partial charge on any atom is 0.324 e. The summed E-state index contributed by atoms with van der Waals surface area (Å²) in [5.41, 5.74) is 5.26. The first-order valence-electron chi connectivity index (χ1n) is 7.29. The number of ether oxygens (including phenoxy) is 2. The van der Waals surface area contributed by atoms with E-state index in [9.17, 15) is 14.7 Å². The van der Waals surface area contributed by atoms with E-state index in [0.29, 0.717) is 24.3 Å². The van der Waals surface area contributed by atoms with E-state index in [1.54, 1.807) is 18.2 Å². The van der Waals surface area contributed by atoms with Crippen LogP contribution < -0.4 is 15.2 Å². The van der Waals surface area contributed by atoms with Crippen molar-refractivity contribution in [2.75, 3.05) is 14.2 Å². The Morgan fingerprint density at radius 2 is 2.00 bits per heavy atom. The summed E-state index contributed by atoms with van der Waals surface area (Å²) in [4.78, 5) is 22.6. The van der Waals surface area contributed by atoms with E-state index in [-0.39, 0.29) is 6.42 Å². The van der Waals surface area contributed by atoms with Gasteiger partial charge in [0.25, 0.3) is 0 Å². The first-order valence-corrected chi connectivity index (χ1v) is 7.29. The summed E-state index contributed by atoms with van der Waals surface area (Å²) >= 11 is 0. The number of carboxylic acid groups (broad SMARTS) is 2. The molecule has 1 fully saturated rings. The number of hydrogen-bond donors (Lipinski definition) is 3. The molecule has 7 nitrogen and oxygen atoms in total. The summed E-state index contributed by atoms with van der Waals surface area (Å²) < 4.78 is 10.4. The molecule has 126 valence electrons. The van der Waals surface area contributed by atoms with Gasteiger partial charge >= 0.3 is 11.9 Å². The zero-order valence-electron chi connectivity index (χ0n) is 13.1. The molecule has 0 aliphatic heterocycles. The van der Waals surface area contributed by atoms with Crippen LogP contribution in [0.15, 0.2) is 18.2 Å². The first-order chi connectivity index (χ1) is 10.8. The number of nitrogens with two attached hydrogens (primary N) is 1. The summed E-state index contributed by atoms with van der Waals surface area (Å²) in [6, 6.07) is 5.25. The molecule has 0 amide bonds. The summed E-state index contributed by atoms with van der Waals surface area (Å²) in [6.07, 6.45) is 0.777. The lowest BCUT2D eigenvalue weighted by molar-refractivity contribution is -0.145. The summed E-state index contributed by atoms with van der Waals surface area (Å²) in [6.45, 7) is 0. The molecule has 4 N–H and O–H groups in total. The van der Waals surface area contributed by atoms with Crippen LogP contribution in [-0.2, 0) is 16.0 Å². The van der Waals surface area contributed by atoms with E-state index in [1.807, 2.05) is 0 Å². The molecule has 1 aromatic carbocycles. The third-order valence-corrected chi connectivity index (χ3v) is 4.46. The third kappa shape index (κ3) is 3.39. The Morgan fingerprint density at radius 3 is 2.48 bits per heavy atom. The highest BCUT2D eigenvalue weighted by Gasteiger charge is 2.58. The molecule has 0 heterocycles. The van der Waals surface area contributed by atoms with Gasteiger partial charge in [0.2, 0.25) is 0 Å². The standard InChI is InChI=1S/C16H21NO6/c1-22-10-3-4-13(23-2)9(7-10)5-6-16(17,15(20)21)12-8-11(12)14(18)19/h3-4,7,11-12H,5-6,8,17H2,1-2H3,(H,18,19)(H,20,21)/t11-,12-,16?/m0/s1. The highest BCUT2D eigenvalue weighted by molar-refractivity contribution is 5.83. The van der Waals surface area contributed by atoms with E-state index >= 15 is 0 Å². The Labute approximate surface area is 134 Å². The monoisotopic (exact) mass is 323 g/mol. The minimum Gasteiger partial charge on any atom is -0.497 e. The van der Waals surface area contributed by atoms with Crippen molar-refractivity contribution in [3.05, 3.63) is 23.8 Å². The van der Waals surface area contributed by atoms with E-state index in [1.165, 1.54) is 14.2 Å². The van der Waals surface area contributed by atoms with Gasteiger partial charge in [0, 0.05) is 5.92 Å². The average Bonchev–Trinajstić information content (AvgIpc) is 3.33. The van der Waals surface area contributed by atoms with Crippen LogP contribution in [0, 0.1) is 11.8 Å². The molecule has 0 saturated heterocycles. The Kier molecular flexibility index (Phi) is 4.79. The quantitative estimate of drug-likeness (QED) is 0.656. The van der Waals surface area contributed by atoms with Crippen LogP contribution in [-0.4, -0.2) is 41.9 Å². The minimum atomic E-state index is -1.56. The SMILES string of the molecule is COc1ccc(OC)c(CCC(N)(C(=O)O)[C@H]2C[C@@H]2C(=O)O)c1. The molecule has 1 aliphatic carbocycles. The minimum absolute atomic E-state index is 0.125. The molecule has 1 unspecified atom stereocenters. The van der Waals surface area contributed by atoms with Gasteiger partial charge in [0.15, 0.2) is 0 Å². The Morgan fingerprint density at radius 1 is 1.30 bits per heavy atom. The zero-order valence-corrected chi connectivity index (χ0v) is 13.1. The van der Waals surface area contributed by atoms with Crippen LogP contribution >= 0.6 is 0 Å². The van der Waals surface area contributed by atoms with Crippen molar-refractivity contribution < 1.29 is 29.3 Å². The number of aryl methyl sites for hydroxylation is 1. The number of aliphatic carboxylic acids is 2. The lowest BCUT2D eigenvalue weighted by Gasteiger charge is -2.25. The van der Waals surface area contributed by atoms with E-state index in [4.69, 9.17) is 20.3 Å². The van der Waals surface area contributed by atoms with E-state index in [0.717, 1.165) is 5.56 Å². The average molecular weight is 323 g/mol. The van der Waals surface area contributed by atoms with Crippen LogP contribution in [0.5, 0.6) is 11.5 Å². The second kappa shape index (κ2) is 6.45.